The van der Waals surface area contributed by atoms with Crippen molar-refractivity contribution in [3.63, 3.8) is 0 Å². The first-order valence-corrected chi connectivity index (χ1v) is 9.07. The number of nitrogens with one attached hydrogen (secondary N) is 2. The normalized spacial score (nSPS) is 10.6. The number of aryl methyl sites for hydroxylation is 2. The predicted molar refractivity (Wildman–Crippen MR) is 113 cm³/mol. The van der Waals surface area contributed by atoms with Crippen LogP contribution in [0.2, 0.25) is 0 Å². The maximum Gasteiger partial charge on any atom is 0.255 e. The number of rotatable bonds is 6. The molecule has 0 aliphatic rings. The molecule has 3 rings (SSSR count). The Morgan fingerprint density at radius 3 is 2.52 bits per heavy atom. The Balaban J connectivity index is 1.84. The summed E-state index contributed by atoms with van der Waals surface area (Å²) in [6.45, 7) is 3.87. The molecule has 0 spiro atoms. The lowest BCUT2D eigenvalue weighted by Gasteiger charge is -2.13. The number of benzene rings is 2. The van der Waals surface area contributed by atoms with Crippen molar-refractivity contribution in [3.05, 3.63) is 59.3 Å². The van der Waals surface area contributed by atoms with Gasteiger partial charge in [-0.25, -0.2) is 0 Å². The van der Waals surface area contributed by atoms with E-state index in [1.165, 1.54) is 14.2 Å². The van der Waals surface area contributed by atoms with Gasteiger partial charge in [0.05, 0.1) is 18.3 Å². The van der Waals surface area contributed by atoms with E-state index in [1.54, 1.807) is 30.3 Å². The van der Waals surface area contributed by atoms with Crippen LogP contribution in [0, 0.1) is 13.8 Å². The molecule has 0 aliphatic carbocycles. The number of ether oxygens (including phenoxy) is 2. The third-order valence-corrected chi connectivity index (χ3v) is 4.41. The fourth-order valence-electron chi connectivity index (χ4n) is 3.12. The van der Waals surface area contributed by atoms with Gasteiger partial charge in [-0.05, 0) is 55.8 Å². The van der Waals surface area contributed by atoms with Crippen LogP contribution in [0.3, 0.4) is 0 Å². The van der Waals surface area contributed by atoms with Crippen LogP contribution in [0.5, 0.6) is 5.75 Å². The first-order valence-electron chi connectivity index (χ1n) is 9.07. The van der Waals surface area contributed by atoms with E-state index in [0.717, 1.165) is 22.2 Å². The van der Waals surface area contributed by atoms with Gasteiger partial charge in [0, 0.05) is 29.4 Å². The highest BCUT2D eigenvalue weighted by molar-refractivity contribution is 6.06. The van der Waals surface area contributed by atoms with Crippen LogP contribution in [-0.4, -0.2) is 37.6 Å². The molecule has 150 valence electrons. The van der Waals surface area contributed by atoms with Crippen LogP contribution < -0.4 is 15.4 Å². The van der Waals surface area contributed by atoms with Gasteiger partial charge in [0.25, 0.3) is 5.91 Å². The topological polar surface area (TPSA) is 89.6 Å². The molecule has 2 aromatic carbocycles. The van der Waals surface area contributed by atoms with Crippen LogP contribution in [0.4, 0.5) is 11.4 Å². The lowest BCUT2D eigenvalue weighted by Crippen LogP contribution is -2.18. The molecule has 7 heteroatoms. The summed E-state index contributed by atoms with van der Waals surface area (Å²) in [6.07, 6.45) is 0. The molecule has 3 aromatic rings. The second-order valence-electron chi connectivity index (χ2n) is 6.66. The largest absolute Gasteiger partial charge is 0.495 e. The van der Waals surface area contributed by atoms with E-state index in [2.05, 4.69) is 15.6 Å². The molecule has 1 aromatic heterocycles. The van der Waals surface area contributed by atoms with E-state index in [-0.39, 0.29) is 18.4 Å². The molecule has 0 fully saturated rings. The third kappa shape index (κ3) is 4.70. The lowest BCUT2D eigenvalue weighted by atomic mass is 10.1. The first kappa shape index (κ1) is 20.3. The van der Waals surface area contributed by atoms with Crippen molar-refractivity contribution in [2.75, 3.05) is 31.5 Å². The van der Waals surface area contributed by atoms with Gasteiger partial charge in [0.1, 0.15) is 12.4 Å². The van der Waals surface area contributed by atoms with Crippen LogP contribution in [-0.2, 0) is 9.53 Å². The van der Waals surface area contributed by atoms with E-state index < -0.39 is 0 Å². The van der Waals surface area contributed by atoms with Gasteiger partial charge in [-0.2, -0.15) is 0 Å². The monoisotopic (exact) mass is 393 g/mol. The Labute approximate surface area is 169 Å². The van der Waals surface area contributed by atoms with Crippen molar-refractivity contribution in [1.82, 2.24) is 4.98 Å². The number of methoxy groups -OCH3 is 2. The summed E-state index contributed by atoms with van der Waals surface area (Å²) in [5, 5.41) is 6.56. The lowest BCUT2D eigenvalue weighted by molar-refractivity contribution is -0.119. The van der Waals surface area contributed by atoms with Crippen LogP contribution >= 0.6 is 0 Å². The molecule has 0 saturated heterocycles. The van der Waals surface area contributed by atoms with Crippen LogP contribution in [0.15, 0.2) is 42.5 Å². The van der Waals surface area contributed by atoms with Crippen molar-refractivity contribution in [1.29, 1.82) is 0 Å². The average Bonchev–Trinajstić information content (AvgIpc) is 2.67. The molecule has 2 N–H and O–H groups in total. The van der Waals surface area contributed by atoms with Crippen molar-refractivity contribution in [2.45, 2.75) is 13.8 Å². The summed E-state index contributed by atoms with van der Waals surface area (Å²) in [5.41, 5.74) is 4.26. The number of fused-ring (bicyclic) bond motifs is 1. The Bertz CT molecular complexity index is 1080. The van der Waals surface area contributed by atoms with Crippen molar-refractivity contribution >= 4 is 34.1 Å². The predicted octanol–water partition coefficient (Wildman–Crippen LogP) is 3.70. The summed E-state index contributed by atoms with van der Waals surface area (Å²) < 4.78 is 10.1. The summed E-state index contributed by atoms with van der Waals surface area (Å²) in [5.74, 6) is -0.110. The molecule has 1 heterocycles. The standard InChI is InChI=1S/C22H23N3O4/c1-13-9-14(2)23-18-10-15(5-7-17(13)18)22(27)24-16-6-8-20(29-4)19(11-16)25-21(26)12-28-3/h5-11H,12H2,1-4H3,(H,24,27)(H,25,26). The maximum absolute atomic E-state index is 12.7. The number of nitrogens with zero attached hydrogens (tertiary/aromatic N) is 1. The molecular weight excluding hydrogens is 370 g/mol. The quantitative estimate of drug-likeness (QED) is 0.667. The highest BCUT2D eigenvalue weighted by Gasteiger charge is 2.12. The second-order valence-corrected chi connectivity index (χ2v) is 6.66. The highest BCUT2D eigenvalue weighted by atomic mass is 16.5. The van der Waals surface area contributed by atoms with Gasteiger partial charge in [-0.15, -0.1) is 0 Å². The zero-order valence-electron chi connectivity index (χ0n) is 16.8. The van der Waals surface area contributed by atoms with Crippen molar-refractivity contribution < 1.29 is 19.1 Å². The van der Waals surface area contributed by atoms with E-state index in [9.17, 15) is 9.59 Å². The fraction of sp³-hybridized carbons (Fsp3) is 0.227. The van der Waals surface area contributed by atoms with Gasteiger partial charge < -0.3 is 20.1 Å². The number of hydrogen-bond donors (Lipinski definition) is 2. The van der Waals surface area contributed by atoms with E-state index >= 15 is 0 Å². The highest BCUT2D eigenvalue weighted by Crippen LogP contribution is 2.28. The first-order chi connectivity index (χ1) is 13.9. The average molecular weight is 393 g/mol. The number of anilines is 2. The number of carbonyl (C=O) groups is 2. The van der Waals surface area contributed by atoms with Gasteiger partial charge in [-0.3, -0.25) is 14.6 Å². The van der Waals surface area contributed by atoms with Gasteiger partial charge in [0.2, 0.25) is 5.91 Å². The SMILES string of the molecule is COCC(=O)Nc1cc(NC(=O)c2ccc3c(C)cc(C)nc3c2)ccc1OC. The minimum absolute atomic E-state index is 0.0807. The summed E-state index contributed by atoms with van der Waals surface area (Å²) in [7, 11) is 2.94. The van der Waals surface area contributed by atoms with Gasteiger partial charge in [0.15, 0.2) is 0 Å². The van der Waals surface area contributed by atoms with E-state index in [4.69, 9.17) is 9.47 Å². The molecule has 0 aliphatic heterocycles. The Kier molecular flexibility index (Phi) is 6.09. The molecule has 0 unspecified atom stereocenters. The van der Waals surface area contributed by atoms with E-state index in [1.807, 2.05) is 26.0 Å². The summed E-state index contributed by atoms with van der Waals surface area (Å²) >= 11 is 0. The number of amides is 2. The van der Waals surface area contributed by atoms with Crippen molar-refractivity contribution in [2.24, 2.45) is 0 Å². The fourth-order valence-corrected chi connectivity index (χ4v) is 3.12. The molecule has 0 saturated carbocycles. The third-order valence-electron chi connectivity index (χ3n) is 4.41. The van der Waals surface area contributed by atoms with Crippen molar-refractivity contribution in [3.8, 4) is 5.75 Å². The molecule has 29 heavy (non-hydrogen) atoms. The molecule has 0 radical (unpaired) electrons. The molecule has 0 bridgehead atoms. The zero-order valence-corrected chi connectivity index (χ0v) is 16.8. The van der Waals surface area contributed by atoms with Gasteiger partial charge >= 0.3 is 0 Å². The number of pyridine rings is 1. The molecular formula is C22H23N3O4. The molecule has 2 amide bonds. The van der Waals surface area contributed by atoms with Gasteiger partial charge in [-0.1, -0.05) is 6.07 Å². The molecule has 0 atom stereocenters. The maximum atomic E-state index is 12.7. The zero-order chi connectivity index (χ0) is 21.0. The van der Waals surface area contributed by atoms with E-state index in [0.29, 0.717) is 22.7 Å². The number of carbonyl (C=O) groups excluding carboxylic acids is 2. The minimum Gasteiger partial charge on any atom is -0.495 e. The Morgan fingerprint density at radius 2 is 1.79 bits per heavy atom. The summed E-state index contributed by atoms with van der Waals surface area (Å²) in [4.78, 5) is 29.1. The number of aromatic nitrogens is 1. The minimum atomic E-state index is -0.319. The smallest absolute Gasteiger partial charge is 0.255 e. The summed E-state index contributed by atoms with van der Waals surface area (Å²) in [6, 6.07) is 12.5. The van der Waals surface area contributed by atoms with Crippen LogP contribution in [0.1, 0.15) is 21.6 Å². The Hall–Kier alpha value is -3.45. The second kappa shape index (κ2) is 8.70. The Morgan fingerprint density at radius 1 is 1.00 bits per heavy atom. The molecule has 7 nitrogen and oxygen atoms in total. The number of hydrogen-bond acceptors (Lipinski definition) is 5. The van der Waals surface area contributed by atoms with Crippen LogP contribution in [0.25, 0.3) is 10.9 Å².